The summed E-state index contributed by atoms with van der Waals surface area (Å²) in [6, 6.07) is 144. The van der Waals surface area contributed by atoms with Crippen LogP contribution in [-0.4, -0.2) is 32.8 Å². The minimum atomic E-state index is -0.132. The molecule has 7 heteroatoms. The first-order chi connectivity index (χ1) is 61.7. The number of para-hydroxylation sites is 5. The van der Waals surface area contributed by atoms with Gasteiger partial charge in [-0.1, -0.05) is 272 Å². The molecule has 0 saturated heterocycles. The maximum Gasteiger partial charge on any atom is 0.235 e. The molecule has 0 saturated carbocycles. The summed E-state index contributed by atoms with van der Waals surface area (Å²) in [5, 5.41) is 12.9. The Bertz CT molecular complexity index is 8680. The second-order valence-corrected chi connectivity index (χ2v) is 36.8. The molecule has 0 spiro atoms. The van der Waals surface area contributed by atoms with Crippen molar-refractivity contribution in [1.29, 1.82) is 0 Å². The van der Waals surface area contributed by atoms with Gasteiger partial charge in [0, 0.05) is 104 Å². The normalized spacial score (nSPS) is 14.0. The third-order valence-electron chi connectivity index (χ3n) is 29.1. The van der Waals surface area contributed by atoms with E-state index in [9.17, 15) is 0 Å². The van der Waals surface area contributed by atoms with E-state index in [4.69, 9.17) is 9.97 Å². The maximum absolute atomic E-state index is 5.77. The lowest BCUT2D eigenvalue weighted by molar-refractivity contribution is 0.660. The zero-order valence-electron chi connectivity index (χ0n) is 70.5. The molecule has 0 radical (unpaired) electrons. The lowest BCUT2D eigenvalue weighted by Gasteiger charge is -2.22. The van der Waals surface area contributed by atoms with E-state index in [1.54, 1.807) is 0 Å². The molecule has 592 valence electrons. The van der Waals surface area contributed by atoms with Gasteiger partial charge in [0.15, 0.2) is 0 Å². The molecule has 7 nitrogen and oxygen atoms in total. The van der Waals surface area contributed by atoms with Crippen LogP contribution in [0.4, 0.5) is 0 Å². The fraction of sp³-hybridized carbons (Fsp3) is 0.0756. The van der Waals surface area contributed by atoms with Gasteiger partial charge in [-0.15, -0.1) is 0 Å². The topological polar surface area (TPSA) is 50.4 Å². The quantitative estimate of drug-likeness (QED) is 0.145. The molecule has 0 bridgehead atoms. The SMILES string of the molecule is CC1(C)c2ccccc2-c2ccc(-n3c4ccccc4c4cc(-c5ccc6c(c5)c5cc(-c7ccc8c(c7)c7ccccc7n8-c7ccc8c(c7)C(C)(C)c7ccccc7-8)ccc5n6-c5cccc(-c6nc(-n7c8ccccc8c8cc(-c9ccc%10c(c9)c9ccccc9n%10-c9ccc%10c(c9)C(C)(C)c9ccccc9-%10)ccc87)nc7ccccc67)c5)ccc43)cc21. The maximum atomic E-state index is 5.77. The number of hydrogen-bond acceptors (Lipinski definition) is 2. The van der Waals surface area contributed by atoms with Crippen molar-refractivity contribution in [2.45, 2.75) is 57.8 Å². The molecule has 126 heavy (non-hydrogen) atoms. The molecule has 3 aliphatic carbocycles. The molecule has 18 aromatic carbocycles. The predicted molar refractivity (Wildman–Crippen MR) is 526 cm³/mol. The Morgan fingerprint density at radius 3 is 0.802 bits per heavy atom. The van der Waals surface area contributed by atoms with Gasteiger partial charge < -0.3 is 18.3 Å². The van der Waals surface area contributed by atoms with E-state index < -0.39 is 0 Å². The van der Waals surface area contributed by atoms with Crippen molar-refractivity contribution >= 4 is 120 Å². The first-order valence-electron chi connectivity index (χ1n) is 44.1. The first kappa shape index (κ1) is 70.9. The number of rotatable bonds is 9. The summed E-state index contributed by atoms with van der Waals surface area (Å²) in [5.74, 6) is 0.612. The van der Waals surface area contributed by atoms with E-state index in [0.717, 1.165) is 105 Å². The summed E-state index contributed by atoms with van der Waals surface area (Å²) in [7, 11) is 0. The second-order valence-electron chi connectivity index (χ2n) is 36.8. The lowest BCUT2D eigenvalue weighted by atomic mass is 9.82. The van der Waals surface area contributed by atoms with Gasteiger partial charge in [0.2, 0.25) is 5.95 Å². The van der Waals surface area contributed by atoms with E-state index in [2.05, 4.69) is 447 Å². The Morgan fingerprint density at radius 1 is 0.175 bits per heavy atom. The Labute approximate surface area is 727 Å². The summed E-state index contributed by atoms with van der Waals surface area (Å²) in [6.07, 6.45) is 0. The predicted octanol–water partition coefficient (Wildman–Crippen LogP) is 30.7. The number of nitrogens with zero attached hydrogens (tertiary/aromatic N) is 7. The van der Waals surface area contributed by atoms with Gasteiger partial charge in [-0.05, 0) is 252 Å². The van der Waals surface area contributed by atoms with Crippen LogP contribution in [0.3, 0.4) is 0 Å². The van der Waals surface area contributed by atoms with E-state index in [-0.39, 0.29) is 16.2 Å². The minimum Gasteiger partial charge on any atom is -0.309 e. The highest BCUT2D eigenvalue weighted by Gasteiger charge is 2.39. The van der Waals surface area contributed by atoms with Gasteiger partial charge >= 0.3 is 0 Å². The van der Waals surface area contributed by atoms with Crippen LogP contribution in [0.5, 0.6) is 0 Å². The fourth-order valence-electron chi connectivity index (χ4n) is 23.0. The zero-order valence-corrected chi connectivity index (χ0v) is 70.5. The van der Waals surface area contributed by atoms with Crippen molar-refractivity contribution in [2.75, 3.05) is 0 Å². The molecule has 0 N–H and O–H groups in total. The smallest absolute Gasteiger partial charge is 0.235 e. The Hall–Kier alpha value is -15.7. The van der Waals surface area contributed by atoms with E-state index in [1.165, 1.54) is 149 Å². The summed E-state index contributed by atoms with van der Waals surface area (Å²) in [6.45, 7) is 14.2. The van der Waals surface area contributed by atoms with Crippen LogP contribution >= 0.6 is 0 Å². The zero-order chi connectivity index (χ0) is 83.5. The van der Waals surface area contributed by atoms with E-state index in [1.807, 2.05) is 0 Å². The molecular formula is C119H81N7. The van der Waals surface area contributed by atoms with Crippen LogP contribution in [0.2, 0.25) is 0 Å². The molecule has 3 aliphatic rings. The van der Waals surface area contributed by atoms with Crippen molar-refractivity contribution in [1.82, 2.24) is 32.8 Å². The van der Waals surface area contributed by atoms with Crippen molar-refractivity contribution in [3.05, 3.63) is 416 Å². The molecule has 6 aromatic heterocycles. The van der Waals surface area contributed by atoms with Gasteiger partial charge in [-0.3, -0.25) is 4.57 Å². The Balaban J connectivity index is 0.592. The summed E-state index contributed by atoms with van der Waals surface area (Å²) in [5.41, 5.74) is 41.4. The highest BCUT2D eigenvalue weighted by Crippen LogP contribution is 2.55. The third kappa shape index (κ3) is 9.88. The standard InChI is InChI=1S/C119H81N7/c1-117(2)98-34-15-7-26-81(98)84-51-48-78(67-101(84)117)123-105-38-19-11-29-87(105)92-61-70(42-54-109(92)123)73-47-59-114-95(64-73)90-32-14-22-41-108(90)126(114)116-120-104-37-18-10-33-91(104)115(121-116)76-24-23-25-77(60-76)122-112-57-45-74(71-43-55-110-93(62-71)88-30-12-20-39-106(88)124(110)79-49-52-85-82-27-8-16-35-99(82)118(3,4)102(85)68-79)65-96(112)97-66-75(46-58-113(97)122)72-44-56-111-94(63-72)89-31-13-21-40-107(89)125(111)80-50-53-86-83-28-9-17-36-100(83)119(5,6)103(86)69-80/h7-69H,1-6H3. The number of benzene rings is 18. The first-order valence-corrected chi connectivity index (χ1v) is 44.1. The van der Waals surface area contributed by atoms with E-state index in [0.29, 0.717) is 5.95 Å². The molecule has 24 aromatic rings. The number of fused-ring (bicyclic) bond motifs is 25. The van der Waals surface area contributed by atoms with Gasteiger partial charge in [0.1, 0.15) is 0 Å². The molecule has 0 fully saturated rings. The molecule has 0 aliphatic heterocycles. The second kappa shape index (κ2) is 25.7. The lowest BCUT2D eigenvalue weighted by Crippen LogP contribution is -2.15. The van der Waals surface area contributed by atoms with E-state index >= 15 is 0 Å². The van der Waals surface area contributed by atoms with Crippen molar-refractivity contribution in [3.8, 4) is 107 Å². The van der Waals surface area contributed by atoms with Gasteiger partial charge in [0.25, 0.3) is 0 Å². The Morgan fingerprint density at radius 2 is 0.444 bits per heavy atom. The summed E-state index contributed by atoms with van der Waals surface area (Å²) < 4.78 is 12.2. The molecular weight excluding hydrogens is 1530 g/mol. The van der Waals surface area contributed by atoms with Gasteiger partial charge in [-0.2, -0.15) is 0 Å². The van der Waals surface area contributed by atoms with Crippen LogP contribution in [0.25, 0.3) is 227 Å². The average molecular weight is 1610 g/mol. The monoisotopic (exact) mass is 1610 g/mol. The van der Waals surface area contributed by atoms with Crippen molar-refractivity contribution in [3.63, 3.8) is 0 Å². The minimum absolute atomic E-state index is 0.117. The van der Waals surface area contributed by atoms with Crippen LogP contribution < -0.4 is 0 Å². The number of hydrogen-bond donors (Lipinski definition) is 0. The number of aromatic nitrogens is 7. The van der Waals surface area contributed by atoms with Crippen LogP contribution in [-0.2, 0) is 16.2 Å². The van der Waals surface area contributed by atoms with Crippen LogP contribution in [0.15, 0.2) is 382 Å². The van der Waals surface area contributed by atoms with Crippen molar-refractivity contribution < 1.29 is 0 Å². The fourth-order valence-corrected chi connectivity index (χ4v) is 23.0. The molecule has 0 atom stereocenters. The average Bonchev–Trinajstić information content (AvgIpc) is 1.57. The highest BCUT2D eigenvalue weighted by molar-refractivity contribution is 6.17. The summed E-state index contributed by atoms with van der Waals surface area (Å²) in [4.78, 5) is 11.3. The van der Waals surface area contributed by atoms with Gasteiger partial charge in [-0.25, -0.2) is 9.97 Å². The largest absolute Gasteiger partial charge is 0.309 e. The Kier molecular flexibility index (Phi) is 14.5. The van der Waals surface area contributed by atoms with Crippen LogP contribution in [0.1, 0.15) is 74.9 Å². The molecule has 0 amide bonds. The van der Waals surface area contributed by atoms with Crippen LogP contribution in [0, 0.1) is 0 Å². The van der Waals surface area contributed by atoms with Gasteiger partial charge in [0.05, 0.1) is 66.4 Å². The summed E-state index contributed by atoms with van der Waals surface area (Å²) >= 11 is 0. The third-order valence-corrected chi connectivity index (χ3v) is 29.1. The van der Waals surface area contributed by atoms with Crippen molar-refractivity contribution in [2.24, 2.45) is 0 Å². The molecule has 27 rings (SSSR count). The molecule has 6 heterocycles. The molecule has 0 unspecified atom stereocenters. The highest BCUT2D eigenvalue weighted by atomic mass is 15.2.